The van der Waals surface area contributed by atoms with Crippen LogP contribution in [-0.4, -0.2) is 43.4 Å². The zero-order valence-electron chi connectivity index (χ0n) is 12.5. The number of anilines is 1. The second-order valence-electron chi connectivity index (χ2n) is 5.04. The van der Waals surface area contributed by atoms with E-state index in [0.717, 1.165) is 25.9 Å². The van der Waals surface area contributed by atoms with Crippen molar-refractivity contribution in [3.05, 3.63) is 18.3 Å². The van der Waals surface area contributed by atoms with Gasteiger partial charge in [0.05, 0.1) is 31.7 Å². The molecule has 0 aromatic carbocycles. The molecule has 1 fully saturated rings. The standard InChI is InChI=1S/C15H22N2O4/c1-11(21-10-13-5-3-4-8-20-13)15(18)17-12-6-7-14(19-2)16-9-12/h6-7,9,11,13H,3-5,8,10H2,1-2H3,(H,17,18). The Morgan fingerprint density at radius 3 is 3.00 bits per heavy atom. The monoisotopic (exact) mass is 294 g/mol. The van der Waals surface area contributed by atoms with E-state index < -0.39 is 6.10 Å². The first kappa shape index (κ1) is 15.7. The van der Waals surface area contributed by atoms with Crippen LogP contribution in [0, 0.1) is 0 Å². The third-order valence-electron chi connectivity index (χ3n) is 3.39. The Morgan fingerprint density at radius 2 is 2.38 bits per heavy atom. The first-order valence-electron chi connectivity index (χ1n) is 7.23. The number of aromatic nitrogens is 1. The predicted molar refractivity (Wildman–Crippen MR) is 78.4 cm³/mol. The molecule has 0 aliphatic carbocycles. The maximum absolute atomic E-state index is 12.0. The van der Waals surface area contributed by atoms with Crippen molar-refractivity contribution in [2.75, 3.05) is 25.6 Å². The van der Waals surface area contributed by atoms with Gasteiger partial charge >= 0.3 is 0 Å². The van der Waals surface area contributed by atoms with Crippen molar-refractivity contribution < 1.29 is 19.0 Å². The smallest absolute Gasteiger partial charge is 0.253 e. The molecule has 0 spiro atoms. The number of methoxy groups -OCH3 is 1. The average molecular weight is 294 g/mol. The molecule has 0 saturated carbocycles. The number of hydrogen-bond donors (Lipinski definition) is 1. The lowest BCUT2D eigenvalue weighted by Crippen LogP contribution is -2.32. The molecule has 1 amide bonds. The van der Waals surface area contributed by atoms with Crippen molar-refractivity contribution in [3.8, 4) is 5.88 Å². The van der Waals surface area contributed by atoms with Gasteiger partial charge in [0.2, 0.25) is 5.88 Å². The number of nitrogens with one attached hydrogen (secondary N) is 1. The molecule has 2 rings (SSSR count). The highest BCUT2D eigenvalue weighted by molar-refractivity contribution is 5.93. The molecular weight excluding hydrogens is 272 g/mol. The fourth-order valence-corrected chi connectivity index (χ4v) is 2.09. The van der Waals surface area contributed by atoms with E-state index in [4.69, 9.17) is 14.2 Å². The van der Waals surface area contributed by atoms with Gasteiger partial charge < -0.3 is 19.5 Å². The number of pyridine rings is 1. The molecule has 1 saturated heterocycles. The normalized spacial score (nSPS) is 19.8. The summed E-state index contributed by atoms with van der Waals surface area (Å²) in [6, 6.07) is 3.43. The Hall–Kier alpha value is -1.66. The minimum Gasteiger partial charge on any atom is -0.481 e. The first-order valence-corrected chi connectivity index (χ1v) is 7.23. The lowest BCUT2D eigenvalue weighted by atomic mass is 10.1. The number of nitrogens with zero attached hydrogens (tertiary/aromatic N) is 1. The summed E-state index contributed by atoms with van der Waals surface area (Å²) in [6.45, 7) is 2.97. The van der Waals surface area contributed by atoms with E-state index in [-0.39, 0.29) is 12.0 Å². The van der Waals surface area contributed by atoms with Crippen LogP contribution in [0.2, 0.25) is 0 Å². The van der Waals surface area contributed by atoms with Crippen LogP contribution < -0.4 is 10.1 Å². The van der Waals surface area contributed by atoms with Gasteiger partial charge in [-0.2, -0.15) is 0 Å². The van der Waals surface area contributed by atoms with Crippen molar-refractivity contribution >= 4 is 11.6 Å². The van der Waals surface area contributed by atoms with E-state index in [1.165, 1.54) is 0 Å². The van der Waals surface area contributed by atoms with E-state index in [2.05, 4.69) is 10.3 Å². The molecule has 1 aromatic rings. The second-order valence-corrected chi connectivity index (χ2v) is 5.04. The number of ether oxygens (including phenoxy) is 3. The van der Waals surface area contributed by atoms with Gasteiger partial charge in [0.1, 0.15) is 6.10 Å². The van der Waals surface area contributed by atoms with Gasteiger partial charge in [-0.1, -0.05) is 0 Å². The molecular formula is C15H22N2O4. The van der Waals surface area contributed by atoms with Gasteiger partial charge in [0.25, 0.3) is 5.91 Å². The zero-order valence-corrected chi connectivity index (χ0v) is 12.5. The average Bonchev–Trinajstić information content (AvgIpc) is 2.54. The highest BCUT2D eigenvalue weighted by Gasteiger charge is 2.19. The van der Waals surface area contributed by atoms with Gasteiger partial charge in [-0.15, -0.1) is 0 Å². The molecule has 2 atom stereocenters. The summed E-state index contributed by atoms with van der Waals surface area (Å²) in [6.07, 6.45) is 4.39. The Kier molecular flexibility index (Phi) is 5.95. The molecule has 2 heterocycles. The highest BCUT2D eigenvalue weighted by Crippen LogP contribution is 2.14. The van der Waals surface area contributed by atoms with Crippen LogP contribution in [0.3, 0.4) is 0 Å². The summed E-state index contributed by atoms with van der Waals surface area (Å²) in [4.78, 5) is 16.0. The van der Waals surface area contributed by atoms with E-state index in [0.29, 0.717) is 18.2 Å². The van der Waals surface area contributed by atoms with Crippen LogP contribution in [0.25, 0.3) is 0 Å². The number of amides is 1. The SMILES string of the molecule is COc1ccc(NC(=O)C(C)OCC2CCCCO2)cn1. The fourth-order valence-electron chi connectivity index (χ4n) is 2.09. The fraction of sp³-hybridized carbons (Fsp3) is 0.600. The van der Waals surface area contributed by atoms with Crippen LogP contribution in [0.1, 0.15) is 26.2 Å². The lowest BCUT2D eigenvalue weighted by molar-refractivity contribution is -0.130. The van der Waals surface area contributed by atoms with E-state index in [1.807, 2.05) is 0 Å². The summed E-state index contributed by atoms with van der Waals surface area (Å²) in [5.41, 5.74) is 0.616. The quantitative estimate of drug-likeness (QED) is 0.869. The molecule has 6 heteroatoms. The summed E-state index contributed by atoms with van der Waals surface area (Å²) in [5, 5.41) is 2.76. The van der Waals surface area contributed by atoms with Gasteiger partial charge in [-0.25, -0.2) is 4.98 Å². The van der Waals surface area contributed by atoms with Crippen LogP contribution in [0.4, 0.5) is 5.69 Å². The first-order chi connectivity index (χ1) is 10.2. The van der Waals surface area contributed by atoms with E-state index in [1.54, 1.807) is 32.4 Å². The van der Waals surface area contributed by atoms with Crippen LogP contribution in [0.15, 0.2) is 18.3 Å². The van der Waals surface area contributed by atoms with Gasteiger partial charge in [-0.3, -0.25) is 4.79 Å². The van der Waals surface area contributed by atoms with E-state index >= 15 is 0 Å². The third-order valence-corrected chi connectivity index (χ3v) is 3.39. The van der Waals surface area contributed by atoms with Crippen molar-refractivity contribution in [1.82, 2.24) is 4.98 Å². The van der Waals surface area contributed by atoms with Gasteiger partial charge in [0, 0.05) is 12.7 Å². The van der Waals surface area contributed by atoms with Crippen LogP contribution in [0.5, 0.6) is 5.88 Å². The Balaban J connectivity index is 1.75. The molecule has 0 bridgehead atoms. The number of hydrogen-bond acceptors (Lipinski definition) is 5. The maximum Gasteiger partial charge on any atom is 0.253 e. The van der Waals surface area contributed by atoms with Crippen LogP contribution >= 0.6 is 0 Å². The van der Waals surface area contributed by atoms with Gasteiger partial charge in [0.15, 0.2) is 0 Å². The third kappa shape index (κ3) is 4.99. The zero-order chi connectivity index (χ0) is 15.1. The Labute approximate surface area is 124 Å². The summed E-state index contributed by atoms with van der Waals surface area (Å²) in [7, 11) is 1.55. The molecule has 1 aliphatic rings. The van der Waals surface area contributed by atoms with Crippen LogP contribution in [-0.2, 0) is 14.3 Å². The van der Waals surface area contributed by atoms with Crippen molar-refractivity contribution in [1.29, 1.82) is 0 Å². The number of carbonyl (C=O) groups is 1. The number of rotatable bonds is 6. The molecule has 6 nitrogen and oxygen atoms in total. The maximum atomic E-state index is 12.0. The predicted octanol–water partition coefficient (Wildman–Crippen LogP) is 2.00. The van der Waals surface area contributed by atoms with Gasteiger partial charge in [-0.05, 0) is 32.3 Å². The Morgan fingerprint density at radius 1 is 1.52 bits per heavy atom. The highest BCUT2D eigenvalue weighted by atomic mass is 16.5. The summed E-state index contributed by atoms with van der Waals surface area (Å²) in [5.74, 6) is 0.310. The van der Waals surface area contributed by atoms with E-state index in [9.17, 15) is 4.79 Å². The van der Waals surface area contributed by atoms with Crippen molar-refractivity contribution in [3.63, 3.8) is 0 Å². The molecule has 1 N–H and O–H groups in total. The summed E-state index contributed by atoms with van der Waals surface area (Å²) >= 11 is 0. The van der Waals surface area contributed by atoms with Crippen molar-refractivity contribution in [2.45, 2.75) is 38.4 Å². The molecule has 2 unspecified atom stereocenters. The second kappa shape index (κ2) is 7.95. The topological polar surface area (TPSA) is 69.7 Å². The molecule has 21 heavy (non-hydrogen) atoms. The lowest BCUT2D eigenvalue weighted by Gasteiger charge is -2.23. The minimum atomic E-state index is -0.530. The Bertz CT molecular complexity index is 443. The molecule has 1 aromatic heterocycles. The molecule has 1 aliphatic heterocycles. The van der Waals surface area contributed by atoms with Crippen molar-refractivity contribution in [2.24, 2.45) is 0 Å². The largest absolute Gasteiger partial charge is 0.481 e. The number of carbonyl (C=O) groups excluding carboxylic acids is 1. The molecule has 116 valence electrons. The summed E-state index contributed by atoms with van der Waals surface area (Å²) < 4.78 is 16.1. The molecule has 0 radical (unpaired) electrons. The minimum absolute atomic E-state index is 0.108.